The van der Waals surface area contributed by atoms with Gasteiger partial charge in [-0.05, 0) is 36.8 Å². The van der Waals surface area contributed by atoms with Gasteiger partial charge in [-0.2, -0.15) is 10.5 Å². The zero-order valence-corrected chi connectivity index (χ0v) is 23.3. The van der Waals surface area contributed by atoms with Crippen molar-refractivity contribution in [3.63, 3.8) is 0 Å². The second-order valence-electron chi connectivity index (χ2n) is 10.3. The summed E-state index contributed by atoms with van der Waals surface area (Å²) in [4.78, 5) is 51.7. The molecule has 0 spiro atoms. The van der Waals surface area contributed by atoms with Crippen LogP contribution in [0, 0.1) is 22.7 Å². The van der Waals surface area contributed by atoms with Crippen LogP contribution in [0.15, 0.2) is 60.8 Å². The molecule has 2 aromatic carbocycles. The summed E-state index contributed by atoms with van der Waals surface area (Å²) < 4.78 is 27.2. The predicted octanol–water partition coefficient (Wildman–Crippen LogP) is 4.45. The Morgan fingerprint density at radius 2 is 1.91 bits per heavy atom. The second-order valence-corrected chi connectivity index (χ2v) is 10.7. The Hall–Kier alpha value is -4.94. The minimum atomic E-state index is -2.89. The Balaban J connectivity index is 1.55. The zero-order valence-electron chi connectivity index (χ0n) is 22.6. The van der Waals surface area contributed by atoms with E-state index in [0.717, 1.165) is 0 Å². The van der Waals surface area contributed by atoms with Gasteiger partial charge in [-0.3, -0.25) is 24.2 Å². The number of alkyl halides is 2. The molecule has 0 radical (unpaired) electrons. The van der Waals surface area contributed by atoms with Gasteiger partial charge >= 0.3 is 0 Å². The summed E-state index contributed by atoms with van der Waals surface area (Å²) in [6.07, 6.45) is 0.369. The molecule has 5 rings (SSSR count). The maximum Gasteiger partial charge on any atom is 0.252 e. The Morgan fingerprint density at radius 3 is 2.60 bits per heavy atom. The van der Waals surface area contributed by atoms with Crippen LogP contribution < -0.4 is 15.1 Å². The first-order valence-electron chi connectivity index (χ1n) is 13.4. The van der Waals surface area contributed by atoms with Gasteiger partial charge in [0.25, 0.3) is 5.92 Å². The number of nitrogens with one attached hydrogen (secondary N) is 1. The van der Waals surface area contributed by atoms with Crippen LogP contribution in [-0.2, 0) is 14.4 Å². The Labute approximate surface area is 250 Å². The van der Waals surface area contributed by atoms with Crippen molar-refractivity contribution in [3.05, 3.63) is 82.6 Å². The van der Waals surface area contributed by atoms with Crippen molar-refractivity contribution in [3.8, 4) is 12.1 Å². The zero-order chi connectivity index (χ0) is 30.7. The summed E-state index contributed by atoms with van der Waals surface area (Å²) in [7, 11) is 0. The van der Waals surface area contributed by atoms with E-state index >= 15 is 0 Å². The fourth-order valence-corrected chi connectivity index (χ4v) is 5.58. The number of carbonyl (C=O) groups is 3. The van der Waals surface area contributed by atoms with Crippen molar-refractivity contribution >= 4 is 41.0 Å². The number of anilines is 2. The van der Waals surface area contributed by atoms with Gasteiger partial charge in [0.1, 0.15) is 17.8 Å². The number of carbonyl (C=O) groups excluding carboxylic acids is 3. The standard InChI is InChI=1S/C30H24ClF2N7O3/c31-24-7-2-1-6-23(24)27(28(43)37-20-14-30(32,33)15-20)39(21-5-3-4-18(12-21)16-34)26(42)13-22-8-9-25(41)40(22)29-36-11-10-19(17-35)38-29/h1-7,10-12,20,22,27H,8-9,13-15H2,(H,37,43)/t22-,27-/m0/s1. The Morgan fingerprint density at radius 1 is 1.14 bits per heavy atom. The van der Waals surface area contributed by atoms with Gasteiger partial charge in [-0.25, -0.2) is 18.7 Å². The van der Waals surface area contributed by atoms with E-state index in [-0.39, 0.29) is 58.6 Å². The van der Waals surface area contributed by atoms with Crippen LogP contribution in [0.5, 0.6) is 0 Å². The highest BCUT2D eigenvalue weighted by molar-refractivity contribution is 6.31. The van der Waals surface area contributed by atoms with Gasteiger partial charge in [0, 0.05) is 60.2 Å². The van der Waals surface area contributed by atoms with E-state index in [4.69, 9.17) is 11.6 Å². The van der Waals surface area contributed by atoms with E-state index in [9.17, 15) is 33.7 Å². The van der Waals surface area contributed by atoms with E-state index < -0.39 is 48.7 Å². The van der Waals surface area contributed by atoms with E-state index in [1.165, 1.54) is 34.2 Å². The third-order valence-electron chi connectivity index (χ3n) is 7.37. The van der Waals surface area contributed by atoms with Gasteiger partial charge in [-0.1, -0.05) is 35.9 Å². The van der Waals surface area contributed by atoms with Crippen LogP contribution >= 0.6 is 11.6 Å². The number of halogens is 3. The predicted molar refractivity (Wildman–Crippen MR) is 151 cm³/mol. The second kappa shape index (κ2) is 12.1. The van der Waals surface area contributed by atoms with Crippen molar-refractivity contribution in [2.24, 2.45) is 0 Å². The lowest BCUT2D eigenvalue weighted by Gasteiger charge is -2.38. The lowest BCUT2D eigenvalue weighted by molar-refractivity contribution is -0.133. The van der Waals surface area contributed by atoms with Crippen molar-refractivity contribution in [2.45, 2.75) is 56.2 Å². The van der Waals surface area contributed by atoms with E-state index in [1.807, 2.05) is 12.1 Å². The quantitative estimate of drug-likeness (QED) is 0.401. The first-order chi connectivity index (χ1) is 20.6. The molecule has 2 aliphatic rings. The van der Waals surface area contributed by atoms with Crippen LogP contribution in [0.25, 0.3) is 0 Å². The molecule has 2 heterocycles. The molecule has 13 heteroatoms. The summed E-state index contributed by atoms with van der Waals surface area (Å²) in [5, 5.41) is 21.6. The molecule has 3 aromatic rings. The number of nitriles is 2. The summed E-state index contributed by atoms with van der Waals surface area (Å²) >= 11 is 6.52. The van der Waals surface area contributed by atoms with Crippen molar-refractivity contribution in [1.29, 1.82) is 10.5 Å². The normalized spacial score (nSPS) is 18.2. The van der Waals surface area contributed by atoms with Crippen LogP contribution in [0.1, 0.15) is 55.0 Å². The third kappa shape index (κ3) is 6.30. The summed E-state index contributed by atoms with van der Waals surface area (Å²) in [5.41, 5.74) is 0.697. The monoisotopic (exact) mass is 603 g/mol. The molecule has 2 fully saturated rings. The molecular formula is C30H24ClF2N7O3. The Bertz CT molecular complexity index is 1660. The fraction of sp³-hybridized carbons (Fsp3) is 0.300. The average Bonchev–Trinajstić information content (AvgIpc) is 3.34. The van der Waals surface area contributed by atoms with Gasteiger partial charge in [-0.15, -0.1) is 0 Å². The van der Waals surface area contributed by atoms with E-state index in [2.05, 4.69) is 15.3 Å². The maximum atomic E-state index is 14.3. The molecule has 1 saturated carbocycles. The minimum Gasteiger partial charge on any atom is -0.351 e. The molecule has 0 unspecified atom stereocenters. The Kier molecular flexibility index (Phi) is 8.33. The SMILES string of the molecule is N#Cc1cccc(N(C(=O)C[C@@H]2CCC(=O)N2c2nccc(C#N)n2)[C@H](C(=O)NC2CC(F)(F)C2)c2ccccc2Cl)c1. The van der Waals surface area contributed by atoms with Gasteiger partial charge < -0.3 is 5.32 Å². The average molecular weight is 604 g/mol. The first kappa shape index (κ1) is 29.5. The number of hydrogen-bond donors (Lipinski definition) is 1. The van der Waals surface area contributed by atoms with Gasteiger partial charge in [0.05, 0.1) is 11.6 Å². The highest BCUT2D eigenvalue weighted by Crippen LogP contribution is 2.39. The van der Waals surface area contributed by atoms with Crippen molar-refractivity contribution < 1.29 is 23.2 Å². The summed E-state index contributed by atoms with van der Waals surface area (Å²) in [6.45, 7) is 0. The van der Waals surface area contributed by atoms with Gasteiger partial charge in [0.2, 0.25) is 23.7 Å². The van der Waals surface area contributed by atoms with E-state index in [0.29, 0.717) is 0 Å². The number of nitrogens with zero attached hydrogens (tertiary/aromatic N) is 6. The van der Waals surface area contributed by atoms with Crippen LogP contribution in [0.4, 0.5) is 20.4 Å². The van der Waals surface area contributed by atoms with Crippen LogP contribution in [0.3, 0.4) is 0 Å². The summed E-state index contributed by atoms with van der Waals surface area (Å²) in [6, 6.07) is 14.8. The number of rotatable bonds is 8. The number of benzene rings is 2. The van der Waals surface area contributed by atoms with Crippen LogP contribution in [0.2, 0.25) is 5.02 Å². The third-order valence-corrected chi connectivity index (χ3v) is 7.72. The molecule has 43 heavy (non-hydrogen) atoms. The molecule has 1 aromatic heterocycles. The lowest BCUT2D eigenvalue weighted by atomic mass is 9.87. The van der Waals surface area contributed by atoms with Gasteiger partial charge in [0.15, 0.2) is 0 Å². The van der Waals surface area contributed by atoms with Crippen molar-refractivity contribution in [2.75, 3.05) is 9.80 Å². The molecule has 10 nitrogen and oxygen atoms in total. The molecule has 218 valence electrons. The fourth-order valence-electron chi connectivity index (χ4n) is 5.34. The molecule has 1 aliphatic carbocycles. The van der Waals surface area contributed by atoms with Crippen LogP contribution in [-0.4, -0.2) is 45.7 Å². The molecule has 2 atom stereocenters. The van der Waals surface area contributed by atoms with Crippen molar-refractivity contribution in [1.82, 2.24) is 15.3 Å². The molecule has 0 bridgehead atoms. The molecular weight excluding hydrogens is 580 g/mol. The summed E-state index contributed by atoms with van der Waals surface area (Å²) in [5.74, 6) is -4.58. The molecule has 3 amide bonds. The molecule has 1 aliphatic heterocycles. The smallest absolute Gasteiger partial charge is 0.252 e. The molecule has 1 saturated heterocycles. The maximum absolute atomic E-state index is 14.3. The largest absolute Gasteiger partial charge is 0.351 e. The number of aromatic nitrogens is 2. The lowest BCUT2D eigenvalue weighted by Crippen LogP contribution is -2.54. The van der Waals surface area contributed by atoms with E-state index in [1.54, 1.807) is 36.4 Å². The first-order valence-corrected chi connectivity index (χ1v) is 13.8. The highest BCUT2D eigenvalue weighted by atomic mass is 35.5. The minimum absolute atomic E-state index is 0.0244. The molecule has 1 N–H and O–H groups in total. The number of amides is 3. The number of hydrogen-bond acceptors (Lipinski definition) is 7. The topological polar surface area (TPSA) is 143 Å². The highest BCUT2D eigenvalue weighted by Gasteiger charge is 2.47.